The second-order valence-corrected chi connectivity index (χ2v) is 4.83. The molecule has 0 saturated carbocycles. The standard InChI is InChI=1S/C14H16ClN3O2/c1-9-11(8-17-18(9)2)7-16-13-6-10(14(19)20-3)4-5-12(13)15/h4-6,8,16H,7H2,1-3H3. The summed E-state index contributed by atoms with van der Waals surface area (Å²) in [6.45, 7) is 2.58. The van der Waals surface area contributed by atoms with Gasteiger partial charge in [-0.15, -0.1) is 0 Å². The maximum atomic E-state index is 11.5. The normalized spacial score (nSPS) is 10.4. The molecule has 0 radical (unpaired) electrons. The molecule has 0 bridgehead atoms. The van der Waals surface area contributed by atoms with Crippen molar-refractivity contribution in [1.29, 1.82) is 0 Å². The van der Waals surface area contributed by atoms with Crippen molar-refractivity contribution in [1.82, 2.24) is 9.78 Å². The van der Waals surface area contributed by atoms with Crippen LogP contribution in [0.2, 0.25) is 5.02 Å². The summed E-state index contributed by atoms with van der Waals surface area (Å²) < 4.78 is 6.50. The fourth-order valence-corrected chi connectivity index (χ4v) is 2.00. The van der Waals surface area contributed by atoms with Crippen molar-refractivity contribution in [3.63, 3.8) is 0 Å². The number of esters is 1. The second kappa shape index (κ2) is 5.96. The fraction of sp³-hybridized carbons (Fsp3) is 0.286. The van der Waals surface area contributed by atoms with Crippen molar-refractivity contribution in [2.45, 2.75) is 13.5 Å². The van der Waals surface area contributed by atoms with Gasteiger partial charge in [0.25, 0.3) is 0 Å². The number of ether oxygens (including phenoxy) is 1. The summed E-state index contributed by atoms with van der Waals surface area (Å²) >= 11 is 6.12. The van der Waals surface area contributed by atoms with Crippen LogP contribution in [0, 0.1) is 6.92 Å². The molecule has 1 N–H and O–H groups in total. The number of halogens is 1. The van der Waals surface area contributed by atoms with Gasteiger partial charge in [-0.3, -0.25) is 4.68 Å². The summed E-state index contributed by atoms with van der Waals surface area (Å²) in [5.41, 5.74) is 3.31. The molecule has 1 heterocycles. The van der Waals surface area contributed by atoms with Crippen molar-refractivity contribution in [2.75, 3.05) is 12.4 Å². The first-order chi connectivity index (χ1) is 9.52. The molecule has 0 unspecified atom stereocenters. The van der Waals surface area contributed by atoms with Gasteiger partial charge in [0.2, 0.25) is 0 Å². The van der Waals surface area contributed by atoms with E-state index in [2.05, 4.69) is 10.4 Å². The fourth-order valence-electron chi connectivity index (χ4n) is 1.81. The van der Waals surface area contributed by atoms with E-state index in [1.54, 1.807) is 24.4 Å². The molecule has 0 atom stereocenters. The van der Waals surface area contributed by atoms with Gasteiger partial charge in [0, 0.05) is 24.8 Å². The van der Waals surface area contributed by atoms with Crippen LogP contribution in [0.1, 0.15) is 21.6 Å². The molecule has 0 aliphatic rings. The Morgan fingerprint density at radius 1 is 1.50 bits per heavy atom. The number of nitrogens with zero attached hydrogens (tertiary/aromatic N) is 2. The second-order valence-electron chi connectivity index (χ2n) is 4.42. The smallest absolute Gasteiger partial charge is 0.337 e. The van der Waals surface area contributed by atoms with E-state index in [-0.39, 0.29) is 5.97 Å². The van der Waals surface area contributed by atoms with Crippen molar-refractivity contribution in [3.8, 4) is 0 Å². The Kier molecular flexibility index (Phi) is 4.29. The van der Waals surface area contributed by atoms with Gasteiger partial charge in [-0.05, 0) is 25.1 Å². The highest BCUT2D eigenvalue weighted by molar-refractivity contribution is 6.33. The Balaban J connectivity index is 2.16. The number of carbonyl (C=O) groups is 1. The molecule has 106 valence electrons. The number of hydrogen-bond donors (Lipinski definition) is 1. The minimum absolute atomic E-state index is 0.387. The number of aromatic nitrogens is 2. The van der Waals surface area contributed by atoms with Crippen LogP contribution < -0.4 is 5.32 Å². The monoisotopic (exact) mass is 293 g/mol. The zero-order valence-corrected chi connectivity index (χ0v) is 12.4. The molecule has 2 rings (SSSR count). The quantitative estimate of drug-likeness (QED) is 0.881. The number of carbonyl (C=O) groups excluding carboxylic acids is 1. The van der Waals surface area contributed by atoms with E-state index in [4.69, 9.17) is 16.3 Å². The zero-order chi connectivity index (χ0) is 14.7. The highest BCUT2D eigenvalue weighted by Gasteiger charge is 2.10. The first kappa shape index (κ1) is 14.4. The Hall–Kier alpha value is -2.01. The third-order valence-electron chi connectivity index (χ3n) is 3.19. The number of rotatable bonds is 4. The summed E-state index contributed by atoms with van der Waals surface area (Å²) in [4.78, 5) is 11.5. The van der Waals surface area contributed by atoms with Crippen LogP contribution in [0.15, 0.2) is 24.4 Å². The van der Waals surface area contributed by atoms with E-state index >= 15 is 0 Å². The van der Waals surface area contributed by atoms with Crippen molar-refractivity contribution in [3.05, 3.63) is 46.2 Å². The molecule has 2 aromatic rings. The summed E-state index contributed by atoms with van der Waals surface area (Å²) in [6.07, 6.45) is 1.81. The topological polar surface area (TPSA) is 56.1 Å². The van der Waals surface area contributed by atoms with Crippen molar-refractivity contribution >= 4 is 23.3 Å². The molecule has 0 amide bonds. The van der Waals surface area contributed by atoms with Crippen LogP contribution >= 0.6 is 11.6 Å². The average Bonchev–Trinajstić information content (AvgIpc) is 2.77. The van der Waals surface area contributed by atoms with Gasteiger partial charge in [0.15, 0.2) is 0 Å². The third kappa shape index (κ3) is 2.93. The van der Waals surface area contributed by atoms with E-state index in [1.165, 1.54) is 7.11 Å². The molecule has 1 aromatic carbocycles. The average molecular weight is 294 g/mol. The summed E-state index contributed by atoms with van der Waals surface area (Å²) in [6, 6.07) is 4.99. The molecule has 0 fully saturated rings. The van der Waals surface area contributed by atoms with Gasteiger partial charge in [-0.25, -0.2) is 4.79 Å². The molecule has 6 heteroatoms. The predicted octanol–water partition coefficient (Wildman–Crippen LogP) is 2.78. The highest BCUT2D eigenvalue weighted by atomic mass is 35.5. The summed E-state index contributed by atoms with van der Waals surface area (Å²) in [5, 5.41) is 7.94. The Morgan fingerprint density at radius 2 is 2.25 bits per heavy atom. The number of methoxy groups -OCH3 is 1. The van der Waals surface area contributed by atoms with Gasteiger partial charge >= 0.3 is 5.97 Å². The van der Waals surface area contributed by atoms with Crippen LogP contribution in [0.3, 0.4) is 0 Å². The van der Waals surface area contributed by atoms with Gasteiger partial charge in [-0.1, -0.05) is 11.6 Å². The Morgan fingerprint density at radius 3 is 2.85 bits per heavy atom. The van der Waals surface area contributed by atoms with E-state index in [9.17, 15) is 4.79 Å². The third-order valence-corrected chi connectivity index (χ3v) is 3.52. The van der Waals surface area contributed by atoms with E-state index in [0.29, 0.717) is 22.8 Å². The minimum atomic E-state index is -0.387. The maximum absolute atomic E-state index is 11.5. The minimum Gasteiger partial charge on any atom is -0.465 e. The molecule has 1 aromatic heterocycles. The van der Waals surface area contributed by atoms with Crippen LogP contribution in [0.25, 0.3) is 0 Å². The lowest BCUT2D eigenvalue weighted by atomic mass is 10.2. The summed E-state index contributed by atoms with van der Waals surface area (Å²) in [5.74, 6) is -0.387. The molecule has 0 aliphatic heterocycles. The van der Waals surface area contributed by atoms with Crippen LogP contribution in [-0.2, 0) is 18.3 Å². The lowest BCUT2D eigenvalue weighted by Crippen LogP contribution is -2.05. The number of hydrogen-bond acceptors (Lipinski definition) is 4. The largest absolute Gasteiger partial charge is 0.465 e. The molecular weight excluding hydrogens is 278 g/mol. The maximum Gasteiger partial charge on any atom is 0.337 e. The van der Waals surface area contributed by atoms with Gasteiger partial charge in [-0.2, -0.15) is 5.10 Å². The zero-order valence-electron chi connectivity index (χ0n) is 11.6. The van der Waals surface area contributed by atoms with Crippen LogP contribution in [0.4, 0.5) is 5.69 Å². The van der Waals surface area contributed by atoms with Gasteiger partial charge in [0.05, 0.1) is 29.6 Å². The van der Waals surface area contributed by atoms with Crippen LogP contribution in [0.5, 0.6) is 0 Å². The SMILES string of the molecule is COC(=O)c1ccc(Cl)c(NCc2cnn(C)c2C)c1. The molecule has 20 heavy (non-hydrogen) atoms. The number of nitrogens with one attached hydrogen (secondary N) is 1. The van der Waals surface area contributed by atoms with Crippen molar-refractivity contribution < 1.29 is 9.53 Å². The van der Waals surface area contributed by atoms with Crippen molar-refractivity contribution in [2.24, 2.45) is 7.05 Å². The predicted molar refractivity (Wildman–Crippen MR) is 78.1 cm³/mol. The van der Waals surface area contributed by atoms with Gasteiger partial charge < -0.3 is 10.1 Å². The number of benzene rings is 1. The highest BCUT2D eigenvalue weighted by Crippen LogP contribution is 2.24. The molecule has 5 nitrogen and oxygen atoms in total. The lowest BCUT2D eigenvalue weighted by Gasteiger charge is -2.09. The molecule has 0 spiro atoms. The lowest BCUT2D eigenvalue weighted by molar-refractivity contribution is 0.0601. The van der Waals surface area contributed by atoms with E-state index < -0.39 is 0 Å². The molecule has 0 saturated heterocycles. The summed E-state index contributed by atoms with van der Waals surface area (Å²) in [7, 11) is 3.24. The first-order valence-corrected chi connectivity index (χ1v) is 6.50. The number of anilines is 1. The van der Waals surface area contributed by atoms with Gasteiger partial charge in [0.1, 0.15) is 0 Å². The number of aryl methyl sites for hydroxylation is 1. The van der Waals surface area contributed by atoms with E-state index in [1.807, 2.05) is 18.7 Å². The van der Waals surface area contributed by atoms with Crippen LogP contribution in [-0.4, -0.2) is 22.9 Å². The van der Waals surface area contributed by atoms with E-state index in [0.717, 1.165) is 11.3 Å². The molecular formula is C14H16ClN3O2. The Bertz CT molecular complexity index is 637. The molecule has 0 aliphatic carbocycles. The first-order valence-electron chi connectivity index (χ1n) is 6.12. The Labute approximate surface area is 122 Å².